The molecular formula is C14H15IN6O. The van der Waals surface area contributed by atoms with Gasteiger partial charge in [0.05, 0.1) is 30.6 Å². The number of hydrogen-bond donors (Lipinski definition) is 0. The fourth-order valence-corrected chi connectivity index (χ4v) is 2.72. The summed E-state index contributed by atoms with van der Waals surface area (Å²) >= 11 is 2.24. The van der Waals surface area contributed by atoms with Crippen LogP contribution in [0.1, 0.15) is 19.9 Å². The predicted molar refractivity (Wildman–Crippen MR) is 90.0 cm³/mol. The van der Waals surface area contributed by atoms with E-state index < -0.39 is 0 Å². The Morgan fingerprint density at radius 1 is 1.18 bits per heavy atom. The van der Waals surface area contributed by atoms with Gasteiger partial charge in [-0.3, -0.25) is 0 Å². The fraction of sp³-hybridized carbons (Fsp3) is 0.286. The second kappa shape index (κ2) is 6.03. The van der Waals surface area contributed by atoms with Crippen LogP contribution in [0.15, 0.2) is 30.5 Å². The van der Waals surface area contributed by atoms with Crippen LogP contribution in [0.3, 0.4) is 0 Å². The van der Waals surface area contributed by atoms with E-state index in [9.17, 15) is 0 Å². The molecule has 0 amide bonds. The zero-order valence-corrected chi connectivity index (χ0v) is 14.6. The summed E-state index contributed by atoms with van der Waals surface area (Å²) in [7, 11) is 1.65. The molecule has 0 bridgehead atoms. The predicted octanol–water partition coefficient (Wildman–Crippen LogP) is 2.72. The lowest BCUT2D eigenvalue weighted by molar-refractivity contribution is 0.414. The van der Waals surface area contributed by atoms with E-state index in [4.69, 9.17) is 4.74 Å². The first-order chi connectivity index (χ1) is 10.6. The van der Waals surface area contributed by atoms with Gasteiger partial charge in [-0.15, -0.1) is 10.2 Å². The number of halogens is 1. The lowest BCUT2D eigenvalue weighted by atomic mass is 10.3. The molecule has 114 valence electrons. The number of hydrogen-bond acceptors (Lipinski definition) is 5. The number of tetrazole rings is 1. The van der Waals surface area contributed by atoms with Crippen LogP contribution in [-0.4, -0.2) is 37.1 Å². The Kier molecular flexibility index (Phi) is 4.10. The summed E-state index contributed by atoms with van der Waals surface area (Å²) < 4.78 is 7.95. The molecule has 3 aromatic rings. The monoisotopic (exact) mass is 410 g/mol. The first kappa shape index (κ1) is 14.9. The summed E-state index contributed by atoms with van der Waals surface area (Å²) in [6, 6.07) is 7.89. The highest BCUT2D eigenvalue weighted by atomic mass is 127. The highest BCUT2D eigenvalue weighted by molar-refractivity contribution is 14.1. The van der Waals surface area contributed by atoms with Crippen molar-refractivity contribution in [2.24, 2.45) is 0 Å². The first-order valence-corrected chi connectivity index (χ1v) is 7.86. The van der Waals surface area contributed by atoms with Gasteiger partial charge in [0.2, 0.25) is 5.82 Å². The minimum Gasteiger partial charge on any atom is -0.497 e. The van der Waals surface area contributed by atoms with Crippen molar-refractivity contribution in [1.29, 1.82) is 0 Å². The van der Waals surface area contributed by atoms with Crippen LogP contribution >= 0.6 is 22.6 Å². The van der Waals surface area contributed by atoms with E-state index >= 15 is 0 Å². The zero-order valence-electron chi connectivity index (χ0n) is 12.4. The average Bonchev–Trinajstić information content (AvgIpc) is 3.14. The third-order valence-corrected chi connectivity index (χ3v) is 4.20. The van der Waals surface area contributed by atoms with E-state index in [1.54, 1.807) is 18.1 Å². The molecular weight excluding hydrogens is 395 g/mol. The Morgan fingerprint density at radius 2 is 1.91 bits per heavy atom. The smallest absolute Gasteiger partial charge is 0.209 e. The molecule has 0 aliphatic heterocycles. The second-order valence-corrected chi connectivity index (χ2v) is 6.01. The number of rotatable bonds is 4. The van der Waals surface area contributed by atoms with E-state index in [0.29, 0.717) is 5.82 Å². The molecule has 2 aromatic heterocycles. The molecule has 0 radical (unpaired) electrons. The molecule has 0 atom stereocenters. The molecule has 0 N–H and O–H groups in total. The van der Waals surface area contributed by atoms with Crippen LogP contribution in [0, 0.1) is 3.70 Å². The van der Waals surface area contributed by atoms with Crippen LogP contribution in [0.4, 0.5) is 0 Å². The van der Waals surface area contributed by atoms with Crippen LogP contribution < -0.4 is 4.74 Å². The molecule has 0 fully saturated rings. The number of nitrogens with zero attached hydrogens (tertiary/aromatic N) is 6. The molecule has 0 aliphatic carbocycles. The average molecular weight is 410 g/mol. The highest BCUT2D eigenvalue weighted by Crippen LogP contribution is 2.25. The molecule has 7 nitrogen and oxygen atoms in total. The third kappa shape index (κ3) is 2.70. The highest BCUT2D eigenvalue weighted by Gasteiger charge is 2.16. The van der Waals surface area contributed by atoms with Crippen molar-refractivity contribution in [1.82, 2.24) is 30.0 Å². The fourth-order valence-electron chi connectivity index (χ4n) is 1.94. The summed E-state index contributed by atoms with van der Waals surface area (Å²) in [5, 5.41) is 17.0. The van der Waals surface area contributed by atoms with Gasteiger partial charge < -0.3 is 4.74 Å². The summed E-state index contributed by atoms with van der Waals surface area (Å²) in [6.07, 6.45) is 1.76. The maximum absolute atomic E-state index is 5.17. The second-order valence-electron chi connectivity index (χ2n) is 4.99. The van der Waals surface area contributed by atoms with Gasteiger partial charge in [-0.25, -0.2) is 4.68 Å². The summed E-state index contributed by atoms with van der Waals surface area (Å²) in [4.78, 5) is 1.59. The number of benzene rings is 1. The van der Waals surface area contributed by atoms with Crippen LogP contribution in [0.2, 0.25) is 0 Å². The third-order valence-electron chi connectivity index (χ3n) is 3.16. The van der Waals surface area contributed by atoms with E-state index in [1.165, 1.54) is 0 Å². The largest absolute Gasteiger partial charge is 0.497 e. The Balaban J connectivity index is 1.96. The molecule has 0 saturated heterocycles. The quantitative estimate of drug-likeness (QED) is 0.619. The van der Waals surface area contributed by atoms with Gasteiger partial charge in [0, 0.05) is 0 Å². The van der Waals surface area contributed by atoms with Gasteiger partial charge in [-0.05, 0) is 65.9 Å². The SMILES string of the molecule is COc1ccc(-n2ncc(-c3nnn(C(C)C)n3)c2I)cc1. The standard InChI is InChI=1S/C14H15IN6O/c1-9(2)21-18-14(17-19-21)12-8-16-20(13(12)15)10-4-6-11(22-3)7-5-10/h4-9H,1-3H3. The van der Waals surface area contributed by atoms with E-state index in [1.807, 2.05) is 42.8 Å². The topological polar surface area (TPSA) is 70.7 Å². The number of aromatic nitrogens is 6. The number of ether oxygens (including phenoxy) is 1. The lowest BCUT2D eigenvalue weighted by Crippen LogP contribution is -2.04. The maximum Gasteiger partial charge on any atom is 0.209 e. The van der Waals surface area contributed by atoms with Crippen LogP contribution in [0.25, 0.3) is 17.1 Å². The Bertz CT molecular complexity index is 777. The van der Waals surface area contributed by atoms with Gasteiger partial charge in [0.15, 0.2) is 0 Å². The van der Waals surface area contributed by atoms with Crippen molar-refractivity contribution in [3.05, 3.63) is 34.2 Å². The van der Waals surface area contributed by atoms with Crippen molar-refractivity contribution in [3.63, 3.8) is 0 Å². The molecule has 3 rings (SSSR count). The van der Waals surface area contributed by atoms with Crippen molar-refractivity contribution < 1.29 is 4.74 Å². The minimum absolute atomic E-state index is 0.176. The minimum atomic E-state index is 0.176. The molecule has 0 saturated carbocycles. The number of methoxy groups -OCH3 is 1. The molecule has 0 spiro atoms. The lowest BCUT2D eigenvalue weighted by Gasteiger charge is -2.05. The Hall–Kier alpha value is -1.97. The van der Waals surface area contributed by atoms with Gasteiger partial charge in [0.1, 0.15) is 9.45 Å². The van der Waals surface area contributed by atoms with Crippen molar-refractivity contribution in [2.45, 2.75) is 19.9 Å². The summed E-state index contributed by atoms with van der Waals surface area (Å²) in [6.45, 7) is 4.02. The normalized spacial score (nSPS) is 11.1. The van der Waals surface area contributed by atoms with Crippen LogP contribution in [-0.2, 0) is 0 Å². The molecule has 8 heteroatoms. The Morgan fingerprint density at radius 3 is 2.50 bits per heavy atom. The van der Waals surface area contributed by atoms with Crippen molar-refractivity contribution in [2.75, 3.05) is 7.11 Å². The Labute approximate surface area is 141 Å². The molecule has 0 unspecified atom stereocenters. The molecule has 22 heavy (non-hydrogen) atoms. The van der Waals surface area contributed by atoms with Crippen LogP contribution in [0.5, 0.6) is 5.75 Å². The van der Waals surface area contributed by atoms with Crippen molar-refractivity contribution >= 4 is 22.6 Å². The zero-order chi connectivity index (χ0) is 15.7. The first-order valence-electron chi connectivity index (χ1n) is 6.78. The van der Waals surface area contributed by atoms with E-state index in [0.717, 1.165) is 20.7 Å². The molecule has 2 heterocycles. The molecule has 0 aliphatic rings. The van der Waals surface area contributed by atoms with Crippen molar-refractivity contribution in [3.8, 4) is 22.8 Å². The summed E-state index contributed by atoms with van der Waals surface area (Å²) in [5.74, 6) is 1.39. The van der Waals surface area contributed by atoms with Gasteiger partial charge in [0.25, 0.3) is 0 Å². The van der Waals surface area contributed by atoms with Gasteiger partial charge >= 0.3 is 0 Å². The van der Waals surface area contributed by atoms with Gasteiger partial charge in [-0.1, -0.05) is 0 Å². The molecule has 1 aromatic carbocycles. The van der Waals surface area contributed by atoms with E-state index in [-0.39, 0.29) is 6.04 Å². The maximum atomic E-state index is 5.17. The van der Waals surface area contributed by atoms with E-state index in [2.05, 4.69) is 43.1 Å². The van der Waals surface area contributed by atoms with Gasteiger partial charge in [-0.2, -0.15) is 9.90 Å². The summed E-state index contributed by atoms with van der Waals surface area (Å²) in [5.41, 5.74) is 1.82.